The Balaban J connectivity index is 1.82. The van der Waals surface area contributed by atoms with Gasteiger partial charge in [-0.3, -0.25) is 0 Å². The minimum absolute atomic E-state index is 0.0752. The molecule has 0 aromatic heterocycles. The predicted molar refractivity (Wildman–Crippen MR) is 114 cm³/mol. The molecule has 0 unspecified atom stereocenters. The number of hydrogen-bond acceptors (Lipinski definition) is 2. The summed E-state index contributed by atoms with van der Waals surface area (Å²) in [6, 6.07) is 4.96. The molecule has 0 aliphatic heterocycles. The van der Waals surface area contributed by atoms with Crippen LogP contribution in [-0.4, -0.2) is 51.7 Å². The molecule has 24 heavy (non-hydrogen) atoms. The summed E-state index contributed by atoms with van der Waals surface area (Å²) >= 11 is 0. The zero-order chi connectivity index (χ0) is 17.8. The first-order valence-electron chi connectivity index (χ1n) is 10.7. The average Bonchev–Trinajstić information content (AvgIpc) is 3.12. The summed E-state index contributed by atoms with van der Waals surface area (Å²) < 4.78 is 5.96. The van der Waals surface area contributed by atoms with Crippen molar-refractivity contribution in [3.63, 3.8) is 0 Å². The maximum Gasteiger partial charge on any atom is 0.0957 e. The number of hydrogen-bond donors (Lipinski definition) is 0. The van der Waals surface area contributed by atoms with Crippen LogP contribution in [0.15, 0.2) is 0 Å². The molecule has 0 radical (unpaired) electrons. The van der Waals surface area contributed by atoms with Crippen molar-refractivity contribution in [1.82, 2.24) is 9.13 Å². The maximum absolute atomic E-state index is 2.98. The highest BCUT2D eigenvalue weighted by molar-refractivity contribution is 6.39. The third-order valence-electron chi connectivity index (χ3n) is 6.30. The molecule has 2 aliphatic rings. The third-order valence-corrected chi connectivity index (χ3v) is 12.8. The second kappa shape index (κ2) is 8.83. The van der Waals surface area contributed by atoms with Crippen LogP contribution in [0.5, 0.6) is 0 Å². The molecule has 0 atom stereocenters. The lowest BCUT2D eigenvalue weighted by molar-refractivity contribution is 0.189. The van der Waals surface area contributed by atoms with Gasteiger partial charge in [0.15, 0.2) is 0 Å². The SMILES string of the molecule is CC(C)(C)N([SiH2]CC[SiH2]N(C1CCCC1)C(C)(C)C)C1CCCC1. The van der Waals surface area contributed by atoms with Gasteiger partial charge in [0, 0.05) is 23.2 Å². The van der Waals surface area contributed by atoms with Gasteiger partial charge in [-0.25, -0.2) is 0 Å². The second-order valence-corrected chi connectivity index (χ2v) is 14.0. The highest BCUT2D eigenvalue weighted by Gasteiger charge is 2.32. The fourth-order valence-electron chi connectivity index (χ4n) is 5.13. The van der Waals surface area contributed by atoms with Crippen molar-refractivity contribution in [2.45, 2.75) is 128 Å². The Bertz CT molecular complexity index is 325. The molecule has 2 nitrogen and oxygen atoms in total. The molecule has 2 saturated carbocycles. The van der Waals surface area contributed by atoms with Gasteiger partial charge in [0.25, 0.3) is 0 Å². The maximum atomic E-state index is 2.98. The van der Waals surface area contributed by atoms with E-state index < -0.39 is 0 Å². The largest absolute Gasteiger partial charge is 0.322 e. The van der Waals surface area contributed by atoms with Gasteiger partial charge >= 0.3 is 0 Å². The third kappa shape index (κ3) is 5.96. The molecular formula is C20H44N2Si2. The molecule has 0 amide bonds. The van der Waals surface area contributed by atoms with E-state index in [-0.39, 0.29) is 19.4 Å². The monoisotopic (exact) mass is 368 g/mol. The average molecular weight is 369 g/mol. The molecule has 2 rings (SSSR count). The molecule has 0 heterocycles. The van der Waals surface area contributed by atoms with Crippen LogP contribution in [0.2, 0.25) is 12.1 Å². The Morgan fingerprint density at radius 2 is 0.917 bits per heavy atom. The van der Waals surface area contributed by atoms with E-state index in [0.29, 0.717) is 11.1 Å². The van der Waals surface area contributed by atoms with Crippen LogP contribution in [0.4, 0.5) is 0 Å². The van der Waals surface area contributed by atoms with Gasteiger partial charge in [-0.05, 0) is 67.2 Å². The van der Waals surface area contributed by atoms with Crippen molar-refractivity contribution in [3.05, 3.63) is 0 Å². The van der Waals surface area contributed by atoms with E-state index in [0.717, 1.165) is 12.1 Å². The topological polar surface area (TPSA) is 6.48 Å². The van der Waals surface area contributed by atoms with Crippen molar-refractivity contribution in [3.8, 4) is 0 Å². The van der Waals surface area contributed by atoms with Crippen molar-refractivity contribution in [2.24, 2.45) is 0 Å². The lowest BCUT2D eigenvalue weighted by Gasteiger charge is -2.42. The summed E-state index contributed by atoms with van der Waals surface area (Å²) in [5.41, 5.74) is 0.801. The fraction of sp³-hybridized carbons (Fsp3) is 1.00. The minimum atomic E-state index is -0.0752. The molecule has 4 heteroatoms. The standard InChI is InChI=1S/C20H44N2Si2/c1-19(2,3)21(17-11-7-8-12-17)23-15-16-24-22(20(4,5)6)18-13-9-10-14-18/h17-18H,7-16,23-24H2,1-6H3. The van der Waals surface area contributed by atoms with Crippen LogP contribution < -0.4 is 0 Å². The Kier molecular flexibility index (Phi) is 7.60. The van der Waals surface area contributed by atoms with Gasteiger partial charge in [0.2, 0.25) is 0 Å². The molecule has 0 N–H and O–H groups in total. The smallest absolute Gasteiger partial charge is 0.0957 e. The van der Waals surface area contributed by atoms with Crippen molar-refractivity contribution in [1.29, 1.82) is 0 Å². The van der Waals surface area contributed by atoms with E-state index in [1.54, 1.807) is 12.1 Å². The first kappa shape index (κ1) is 20.7. The van der Waals surface area contributed by atoms with Crippen LogP contribution in [0.25, 0.3) is 0 Å². The van der Waals surface area contributed by atoms with Gasteiger partial charge in [0.05, 0.1) is 19.4 Å². The first-order valence-corrected chi connectivity index (χ1v) is 14.0. The van der Waals surface area contributed by atoms with E-state index in [4.69, 9.17) is 0 Å². The van der Waals surface area contributed by atoms with Crippen LogP contribution in [0.3, 0.4) is 0 Å². The van der Waals surface area contributed by atoms with E-state index >= 15 is 0 Å². The lowest BCUT2D eigenvalue weighted by Crippen LogP contribution is -2.51. The Morgan fingerprint density at radius 3 is 1.17 bits per heavy atom. The van der Waals surface area contributed by atoms with E-state index in [9.17, 15) is 0 Å². The molecular weight excluding hydrogens is 324 g/mol. The Hall–Kier alpha value is 0.354. The zero-order valence-corrected chi connectivity index (χ0v) is 20.4. The van der Waals surface area contributed by atoms with E-state index in [2.05, 4.69) is 50.7 Å². The summed E-state index contributed by atoms with van der Waals surface area (Å²) in [6.07, 6.45) is 11.8. The number of rotatable bonds is 7. The zero-order valence-electron chi connectivity index (χ0n) is 17.5. The molecule has 0 saturated heterocycles. The Labute approximate surface area is 156 Å². The van der Waals surface area contributed by atoms with Crippen molar-refractivity contribution in [2.75, 3.05) is 0 Å². The van der Waals surface area contributed by atoms with Gasteiger partial charge in [-0.15, -0.1) is 0 Å². The van der Waals surface area contributed by atoms with Crippen LogP contribution in [-0.2, 0) is 0 Å². The first-order chi connectivity index (χ1) is 11.2. The highest BCUT2D eigenvalue weighted by atomic mass is 28.2. The Morgan fingerprint density at radius 1 is 0.625 bits per heavy atom. The molecule has 2 aliphatic carbocycles. The quantitative estimate of drug-likeness (QED) is 0.493. The van der Waals surface area contributed by atoms with Gasteiger partial charge < -0.3 is 9.13 Å². The normalized spacial score (nSPS) is 22.5. The summed E-state index contributed by atoms with van der Waals surface area (Å²) in [5.74, 6) is 0. The van der Waals surface area contributed by atoms with Gasteiger partial charge in [-0.1, -0.05) is 37.8 Å². The summed E-state index contributed by atoms with van der Waals surface area (Å²) in [6.45, 7) is 14.7. The molecule has 2 fully saturated rings. The summed E-state index contributed by atoms with van der Waals surface area (Å²) in [7, 11) is -0.150. The van der Waals surface area contributed by atoms with Crippen molar-refractivity contribution < 1.29 is 0 Å². The number of nitrogens with zero attached hydrogens (tertiary/aromatic N) is 2. The van der Waals surface area contributed by atoms with Gasteiger partial charge in [0.1, 0.15) is 0 Å². The molecule has 0 bridgehead atoms. The highest BCUT2D eigenvalue weighted by Crippen LogP contribution is 2.30. The van der Waals surface area contributed by atoms with Gasteiger partial charge in [-0.2, -0.15) is 0 Å². The van der Waals surface area contributed by atoms with Crippen molar-refractivity contribution >= 4 is 19.4 Å². The lowest BCUT2D eigenvalue weighted by atomic mass is 10.1. The summed E-state index contributed by atoms with van der Waals surface area (Å²) in [5, 5.41) is 0. The molecule has 0 aromatic carbocycles. The molecule has 0 aromatic rings. The predicted octanol–water partition coefficient (Wildman–Crippen LogP) is 4.08. The summed E-state index contributed by atoms with van der Waals surface area (Å²) in [4.78, 5) is 0. The van der Waals surface area contributed by atoms with Crippen LogP contribution in [0, 0.1) is 0 Å². The van der Waals surface area contributed by atoms with E-state index in [1.807, 2.05) is 0 Å². The fourth-order valence-corrected chi connectivity index (χ4v) is 10.4. The second-order valence-electron chi connectivity index (χ2n) is 10.3. The minimum Gasteiger partial charge on any atom is -0.322 e. The van der Waals surface area contributed by atoms with Crippen LogP contribution >= 0.6 is 0 Å². The van der Waals surface area contributed by atoms with E-state index in [1.165, 1.54) is 51.4 Å². The van der Waals surface area contributed by atoms with Crippen LogP contribution in [0.1, 0.15) is 92.9 Å². The molecule has 0 spiro atoms. The molecule has 142 valence electrons.